The zero-order valence-electron chi connectivity index (χ0n) is 9.38. The zero-order chi connectivity index (χ0) is 13.1. The molecule has 0 saturated carbocycles. The van der Waals surface area contributed by atoms with Crippen LogP contribution in [0, 0.1) is 31.1 Å². The Balaban J connectivity index is 2.70. The Labute approximate surface area is 102 Å². The summed E-state index contributed by atoms with van der Waals surface area (Å²) in [6, 6.07) is 4.82. The van der Waals surface area contributed by atoms with Gasteiger partial charge in [-0.05, 0) is 31.5 Å². The molecule has 1 atom stereocenters. The molecule has 1 aromatic heterocycles. The molecule has 0 aliphatic rings. The number of hydrogen-bond acceptors (Lipinski definition) is 3. The predicted molar refractivity (Wildman–Crippen MR) is 59.6 cm³/mol. The lowest BCUT2D eigenvalue weighted by Crippen LogP contribution is -2.23. The lowest BCUT2D eigenvalue weighted by Gasteiger charge is -2.12. The van der Waals surface area contributed by atoms with Crippen molar-refractivity contribution in [3.05, 3.63) is 23.4 Å². The fourth-order valence-electron chi connectivity index (χ4n) is 1.25. The van der Waals surface area contributed by atoms with Gasteiger partial charge >= 0.3 is 6.18 Å². The van der Waals surface area contributed by atoms with Crippen molar-refractivity contribution in [2.45, 2.75) is 25.0 Å². The van der Waals surface area contributed by atoms with E-state index in [9.17, 15) is 13.2 Å². The maximum Gasteiger partial charge on any atom is 0.405 e. The molecule has 92 valence electrons. The van der Waals surface area contributed by atoms with Crippen LogP contribution in [0.2, 0.25) is 0 Å². The summed E-state index contributed by atoms with van der Waals surface area (Å²) in [7, 11) is 0. The van der Waals surface area contributed by atoms with Crippen LogP contribution in [0.25, 0.3) is 0 Å². The molecule has 0 aromatic carbocycles. The number of aryl methyl sites for hydroxylation is 2. The smallest absolute Gasteiger partial charge is 0.247 e. The molecular weight excluding hydrogens is 249 g/mol. The van der Waals surface area contributed by atoms with E-state index in [1.165, 1.54) is 6.07 Å². The molecule has 2 nitrogen and oxygen atoms in total. The summed E-state index contributed by atoms with van der Waals surface area (Å²) in [4.78, 5) is 4.11. The van der Waals surface area contributed by atoms with Gasteiger partial charge in [-0.15, -0.1) is 11.8 Å². The van der Waals surface area contributed by atoms with Crippen molar-refractivity contribution in [3.8, 4) is 6.07 Å². The van der Waals surface area contributed by atoms with Gasteiger partial charge in [0, 0.05) is 11.4 Å². The van der Waals surface area contributed by atoms with Gasteiger partial charge in [0.2, 0.25) is 0 Å². The van der Waals surface area contributed by atoms with Crippen LogP contribution in [0.1, 0.15) is 11.3 Å². The second-order valence-corrected chi connectivity index (χ2v) is 4.70. The van der Waals surface area contributed by atoms with Crippen LogP contribution in [-0.2, 0) is 0 Å². The first kappa shape index (κ1) is 13.8. The lowest BCUT2D eigenvalue weighted by molar-refractivity contribution is -0.152. The summed E-state index contributed by atoms with van der Waals surface area (Å²) in [5, 5.41) is 8.97. The van der Waals surface area contributed by atoms with E-state index >= 15 is 0 Å². The molecule has 0 bridgehead atoms. The standard InChI is InChI=1S/C11H11F3N2S/c1-7-3-8(2)16-10(4-7)17-6-9(5-15)11(12,13)14/h3-4,9H,6H2,1-2H3. The molecule has 1 aromatic rings. The van der Waals surface area contributed by atoms with Crippen LogP contribution in [0.4, 0.5) is 13.2 Å². The molecule has 0 amide bonds. The van der Waals surface area contributed by atoms with E-state index in [2.05, 4.69) is 4.98 Å². The van der Waals surface area contributed by atoms with Crippen molar-refractivity contribution in [2.75, 3.05) is 5.75 Å². The number of aromatic nitrogens is 1. The largest absolute Gasteiger partial charge is 0.405 e. The molecule has 1 unspecified atom stereocenters. The van der Waals surface area contributed by atoms with Gasteiger partial charge in [0.25, 0.3) is 0 Å². The van der Waals surface area contributed by atoms with Crippen molar-refractivity contribution in [1.82, 2.24) is 4.98 Å². The first-order valence-electron chi connectivity index (χ1n) is 4.87. The number of nitriles is 1. The second-order valence-electron chi connectivity index (χ2n) is 3.66. The van der Waals surface area contributed by atoms with Crippen molar-refractivity contribution >= 4 is 11.8 Å². The fraction of sp³-hybridized carbons (Fsp3) is 0.455. The first-order valence-corrected chi connectivity index (χ1v) is 5.86. The highest BCUT2D eigenvalue weighted by Crippen LogP contribution is 2.30. The maximum absolute atomic E-state index is 12.3. The first-order chi connectivity index (χ1) is 7.82. The van der Waals surface area contributed by atoms with Crippen molar-refractivity contribution in [2.24, 2.45) is 5.92 Å². The van der Waals surface area contributed by atoms with E-state index in [1.54, 1.807) is 13.0 Å². The summed E-state index contributed by atoms with van der Waals surface area (Å²) in [6.45, 7) is 3.63. The summed E-state index contributed by atoms with van der Waals surface area (Å²) >= 11 is 0.955. The highest BCUT2D eigenvalue weighted by molar-refractivity contribution is 7.99. The fourth-order valence-corrected chi connectivity index (χ4v) is 2.33. The molecule has 0 saturated heterocycles. The number of halogens is 3. The molecule has 1 rings (SSSR count). The third-order valence-corrected chi connectivity index (χ3v) is 3.03. The third kappa shape index (κ3) is 4.27. The van der Waals surface area contributed by atoms with Gasteiger partial charge in [-0.2, -0.15) is 18.4 Å². The Morgan fingerprint density at radius 1 is 1.41 bits per heavy atom. The summed E-state index contributed by atoms with van der Waals surface area (Å²) in [5.41, 5.74) is 1.70. The van der Waals surface area contributed by atoms with Crippen LogP contribution in [0.3, 0.4) is 0 Å². The highest BCUT2D eigenvalue weighted by Gasteiger charge is 2.39. The van der Waals surface area contributed by atoms with Gasteiger partial charge in [-0.1, -0.05) is 0 Å². The average molecular weight is 260 g/mol. The summed E-state index contributed by atoms with van der Waals surface area (Å²) < 4.78 is 37.0. The van der Waals surface area contributed by atoms with Crippen LogP contribution in [0.5, 0.6) is 0 Å². The molecular formula is C11H11F3N2S. The summed E-state index contributed by atoms with van der Waals surface area (Å²) in [6.07, 6.45) is -4.47. The Hall–Kier alpha value is -1.22. The van der Waals surface area contributed by atoms with E-state index in [-0.39, 0.29) is 5.75 Å². The molecule has 17 heavy (non-hydrogen) atoms. The highest BCUT2D eigenvalue weighted by atomic mass is 32.2. The second kappa shape index (κ2) is 5.41. The van der Waals surface area contributed by atoms with Gasteiger partial charge in [-0.25, -0.2) is 4.98 Å². The van der Waals surface area contributed by atoms with E-state index in [1.807, 2.05) is 13.0 Å². The van der Waals surface area contributed by atoms with Crippen molar-refractivity contribution in [3.63, 3.8) is 0 Å². The normalized spacial score (nSPS) is 13.2. The van der Waals surface area contributed by atoms with Gasteiger partial charge in [-0.3, -0.25) is 0 Å². The SMILES string of the molecule is Cc1cc(C)nc(SCC(C#N)C(F)(F)F)c1. The van der Waals surface area contributed by atoms with Crippen molar-refractivity contribution in [1.29, 1.82) is 5.26 Å². The van der Waals surface area contributed by atoms with Crippen LogP contribution >= 0.6 is 11.8 Å². The van der Waals surface area contributed by atoms with Crippen LogP contribution in [0.15, 0.2) is 17.2 Å². The third-order valence-electron chi connectivity index (χ3n) is 2.02. The molecule has 0 spiro atoms. The Morgan fingerprint density at radius 2 is 2.06 bits per heavy atom. The maximum atomic E-state index is 12.3. The van der Waals surface area contributed by atoms with E-state index in [0.29, 0.717) is 5.03 Å². The van der Waals surface area contributed by atoms with E-state index in [0.717, 1.165) is 23.0 Å². The number of alkyl halides is 3. The van der Waals surface area contributed by atoms with Gasteiger partial charge in [0.1, 0.15) is 0 Å². The summed E-state index contributed by atoms with van der Waals surface area (Å²) in [5.74, 6) is -2.27. The minimum Gasteiger partial charge on any atom is -0.247 e. The molecule has 0 N–H and O–H groups in total. The topological polar surface area (TPSA) is 36.7 Å². The number of hydrogen-bond donors (Lipinski definition) is 0. The number of nitrogens with zero attached hydrogens (tertiary/aromatic N) is 2. The van der Waals surface area contributed by atoms with Gasteiger partial charge < -0.3 is 0 Å². The number of pyridine rings is 1. The van der Waals surface area contributed by atoms with Gasteiger partial charge in [0.15, 0.2) is 5.92 Å². The van der Waals surface area contributed by atoms with Crippen molar-refractivity contribution < 1.29 is 13.2 Å². The average Bonchev–Trinajstić information content (AvgIpc) is 2.14. The Kier molecular flexibility index (Phi) is 4.40. The predicted octanol–water partition coefficient (Wildman–Crippen LogP) is 3.49. The Morgan fingerprint density at radius 3 is 2.53 bits per heavy atom. The number of thioether (sulfide) groups is 1. The van der Waals surface area contributed by atoms with Crippen LogP contribution < -0.4 is 0 Å². The molecule has 1 heterocycles. The molecule has 0 fully saturated rings. The molecule has 0 aliphatic heterocycles. The molecule has 0 aliphatic carbocycles. The quantitative estimate of drug-likeness (QED) is 0.780. The number of rotatable bonds is 3. The minimum atomic E-state index is -4.47. The van der Waals surface area contributed by atoms with E-state index in [4.69, 9.17) is 5.26 Å². The monoisotopic (exact) mass is 260 g/mol. The van der Waals surface area contributed by atoms with E-state index < -0.39 is 12.1 Å². The zero-order valence-corrected chi connectivity index (χ0v) is 10.2. The minimum absolute atomic E-state index is 0.324. The molecule has 6 heteroatoms. The lowest BCUT2D eigenvalue weighted by atomic mass is 10.2. The van der Waals surface area contributed by atoms with Gasteiger partial charge in [0.05, 0.1) is 11.1 Å². The Bertz CT molecular complexity index is 417. The van der Waals surface area contributed by atoms with Crippen LogP contribution in [-0.4, -0.2) is 16.9 Å². The molecule has 0 radical (unpaired) electrons.